The average molecular weight is 311 g/mol. The summed E-state index contributed by atoms with van der Waals surface area (Å²) in [7, 11) is 0. The minimum Gasteiger partial charge on any atom is -0.446 e. The zero-order chi connectivity index (χ0) is 16.2. The Morgan fingerprint density at radius 1 is 1.22 bits per heavy atom. The van der Waals surface area contributed by atoms with Crippen molar-refractivity contribution in [3.8, 4) is 11.4 Å². The second-order valence-corrected chi connectivity index (χ2v) is 4.75. The van der Waals surface area contributed by atoms with Crippen LogP contribution >= 0.6 is 0 Å². The van der Waals surface area contributed by atoms with E-state index in [1.807, 2.05) is 24.3 Å². The quantitative estimate of drug-likeness (QED) is 0.650. The summed E-state index contributed by atoms with van der Waals surface area (Å²) in [5.74, 6) is -0.519. The van der Waals surface area contributed by atoms with Gasteiger partial charge in [0.2, 0.25) is 0 Å². The molecule has 1 aromatic carbocycles. The van der Waals surface area contributed by atoms with Crippen molar-refractivity contribution in [1.82, 2.24) is 20.5 Å². The molecule has 0 aliphatic carbocycles. The second-order valence-electron chi connectivity index (χ2n) is 4.75. The molecule has 116 valence electrons. The highest BCUT2D eigenvalue weighted by Crippen LogP contribution is 2.15. The molecule has 2 aromatic heterocycles. The molecule has 0 saturated carbocycles. The number of benzene rings is 1. The lowest BCUT2D eigenvalue weighted by atomic mass is 10.1. The lowest BCUT2D eigenvalue weighted by Gasteiger charge is -2.05. The largest absolute Gasteiger partial charge is 0.446 e. The SMILES string of the molecule is NC(=O)c1ccc(C(=O)NCc2cccc(-c3ncn[nH]3)c2)o1. The first-order chi connectivity index (χ1) is 11.1. The number of carbonyl (C=O) groups excluding carboxylic acids is 2. The van der Waals surface area contributed by atoms with E-state index < -0.39 is 11.8 Å². The van der Waals surface area contributed by atoms with Crippen LogP contribution in [-0.2, 0) is 6.54 Å². The first-order valence-corrected chi connectivity index (χ1v) is 6.76. The van der Waals surface area contributed by atoms with Crippen molar-refractivity contribution in [2.24, 2.45) is 5.73 Å². The van der Waals surface area contributed by atoms with Gasteiger partial charge in [0.05, 0.1) is 0 Å². The van der Waals surface area contributed by atoms with Gasteiger partial charge in [0.1, 0.15) is 6.33 Å². The van der Waals surface area contributed by atoms with Crippen LogP contribution < -0.4 is 11.1 Å². The number of aromatic amines is 1. The third kappa shape index (κ3) is 3.26. The Balaban J connectivity index is 1.67. The standard InChI is InChI=1S/C15H13N5O3/c16-13(21)11-4-5-12(23-11)15(22)17-7-9-2-1-3-10(6-9)14-18-8-19-20-14/h1-6,8H,7H2,(H2,16,21)(H,17,22)(H,18,19,20). The minimum atomic E-state index is -0.719. The number of nitrogens with two attached hydrogens (primary N) is 1. The molecule has 0 unspecified atom stereocenters. The smallest absolute Gasteiger partial charge is 0.287 e. The lowest BCUT2D eigenvalue weighted by Crippen LogP contribution is -2.22. The first kappa shape index (κ1) is 14.5. The zero-order valence-corrected chi connectivity index (χ0v) is 11.9. The van der Waals surface area contributed by atoms with Crippen molar-refractivity contribution in [1.29, 1.82) is 0 Å². The van der Waals surface area contributed by atoms with Crippen molar-refractivity contribution in [3.63, 3.8) is 0 Å². The van der Waals surface area contributed by atoms with E-state index in [1.54, 1.807) is 0 Å². The van der Waals surface area contributed by atoms with Gasteiger partial charge >= 0.3 is 0 Å². The number of furan rings is 1. The molecule has 3 rings (SSSR count). The monoisotopic (exact) mass is 311 g/mol. The second kappa shape index (κ2) is 6.14. The van der Waals surface area contributed by atoms with Gasteiger partial charge < -0.3 is 15.5 Å². The van der Waals surface area contributed by atoms with Crippen LogP contribution in [0.2, 0.25) is 0 Å². The Morgan fingerprint density at radius 2 is 2.04 bits per heavy atom. The number of hydrogen-bond acceptors (Lipinski definition) is 5. The summed E-state index contributed by atoms with van der Waals surface area (Å²) < 4.78 is 5.07. The van der Waals surface area contributed by atoms with Crippen LogP contribution in [0.5, 0.6) is 0 Å². The number of primary amides is 1. The highest BCUT2D eigenvalue weighted by Gasteiger charge is 2.13. The molecular formula is C15H13N5O3. The molecule has 4 N–H and O–H groups in total. The number of hydrogen-bond donors (Lipinski definition) is 3. The highest BCUT2D eigenvalue weighted by atomic mass is 16.4. The van der Waals surface area contributed by atoms with Crippen LogP contribution in [-0.4, -0.2) is 27.0 Å². The van der Waals surface area contributed by atoms with Crippen molar-refractivity contribution in [3.05, 3.63) is 59.8 Å². The maximum absolute atomic E-state index is 12.0. The molecule has 2 heterocycles. The van der Waals surface area contributed by atoms with Crippen molar-refractivity contribution >= 4 is 11.8 Å². The van der Waals surface area contributed by atoms with Gasteiger partial charge in [-0.15, -0.1) is 0 Å². The average Bonchev–Trinajstić information content (AvgIpc) is 3.24. The maximum atomic E-state index is 12.0. The van der Waals surface area contributed by atoms with Crippen LogP contribution in [0.25, 0.3) is 11.4 Å². The molecule has 0 atom stereocenters. The van der Waals surface area contributed by atoms with Gasteiger partial charge in [-0.3, -0.25) is 14.7 Å². The van der Waals surface area contributed by atoms with Crippen LogP contribution in [0, 0.1) is 0 Å². The van der Waals surface area contributed by atoms with E-state index in [0.29, 0.717) is 12.4 Å². The Bertz CT molecular complexity index is 838. The fraction of sp³-hybridized carbons (Fsp3) is 0.0667. The molecule has 0 bridgehead atoms. The predicted octanol–water partition coefficient (Wildman–Crippen LogP) is 1.09. The molecular weight excluding hydrogens is 298 g/mol. The van der Waals surface area contributed by atoms with Gasteiger partial charge in [0.25, 0.3) is 11.8 Å². The topological polar surface area (TPSA) is 127 Å². The number of amides is 2. The van der Waals surface area contributed by atoms with E-state index in [2.05, 4.69) is 20.5 Å². The van der Waals surface area contributed by atoms with E-state index in [0.717, 1.165) is 11.1 Å². The normalized spacial score (nSPS) is 10.4. The van der Waals surface area contributed by atoms with Crippen molar-refractivity contribution < 1.29 is 14.0 Å². The summed E-state index contributed by atoms with van der Waals surface area (Å²) >= 11 is 0. The molecule has 0 aliphatic rings. The Morgan fingerprint density at radius 3 is 2.74 bits per heavy atom. The highest BCUT2D eigenvalue weighted by molar-refractivity contribution is 5.94. The number of aromatic nitrogens is 3. The number of nitrogens with zero attached hydrogens (tertiary/aromatic N) is 2. The van der Waals surface area contributed by atoms with E-state index >= 15 is 0 Å². The molecule has 0 spiro atoms. The summed E-state index contributed by atoms with van der Waals surface area (Å²) in [5.41, 5.74) is 6.82. The maximum Gasteiger partial charge on any atom is 0.287 e. The van der Waals surface area contributed by atoms with Gasteiger partial charge in [-0.2, -0.15) is 5.10 Å². The molecule has 23 heavy (non-hydrogen) atoms. The van der Waals surface area contributed by atoms with Gasteiger partial charge in [-0.25, -0.2) is 4.98 Å². The van der Waals surface area contributed by atoms with Crippen LogP contribution in [0.3, 0.4) is 0 Å². The van der Waals surface area contributed by atoms with Gasteiger partial charge in [-0.05, 0) is 23.8 Å². The third-order valence-corrected chi connectivity index (χ3v) is 3.14. The molecule has 0 aliphatic heterocycles. The number of nitrogens with one attached hydrogen (secondary N) is 2. The molecule has 8 heteroatoms. The molecule has 2 amide bonds. The molecule has 0 saturated heterocycles. The van der Waals surface area contributed by atoms with E-state index in [1.165, 1.54) is 18.5 Å². The van der Waals surface area contributed by atoms with Gasteiger partial charge in [0.15, 0.2) is 17.3 Å². The molecule has 0 fully saturated rings. The van der Waals surface area contributed by atoms with Crippen molar-refractivity contribution in [2.45, 2.75) is 6.54 Å². The fourth-order valence-electron chi connectivity index (χ4n) is 2.03. The Labute approximate surface area is 130 Å². The summed E-state index contributed by atoms with van der Waals surface area (Å²) in [6.45, 7) is 0.299. The third-order valence-electron chi connectivity index (χ3n) is 3.14. The van der Waals surface area contributed by atoms with Gasteiger partial charge in [-0.1, -0.05) is 18.2 Å². The molecule has 3 aromatic rings. The Hall–Kier alpha value is -3.42. The number of rotatable bonds is 5. The van der Waals surface area contributed by atoms with E-state index in [-0.39, 0.29) is 11.5 Å². The van der Waals surface area contributed by atoms with E-state index in [4.69, 9.17) is 10.2 Å². The van der Waals surface area contributed by atoms with E-state index in [9.17, 15) is 9.59 Å². The summed E-state index contributed by atoms with van der Waals surface area (Å²) in [5, 5.41) is 9.29. The fourth-order valence-corrected chi connectivity index (χ4v) is 2.03. The Kier molecular flexibility index (Phi) is 3.88. The lowest BCUT2D eigenvalue weighted by molar-refractivity contribution is 0.0913. The molecule has 8 nitrogen and oxygen atoms in total. The number of carbonyl (C=O) groups is 2. The predicted molar refractivity (Wildman–Crippen MR) is 80.2 cm³/mol. The number of H-pyrrole nitrogens is 1. The molecule has 0 radical (unpaired) electrons. The van der Waals surface area contributed by atoms with Gasteiger partial charge in [0, 0.05) is 12.1 Å². The first-order valence-electron chi connectivity index (χ1n) is 6.76. The van der Waals surface area contributed by atoms with Crippen LogP contribution in [0.1, 0.15) is 26.7 Å². The minimum absolute atomic E-state index is 0.0326. The summed E-state index contributed by atoms with van der Waals surface area (Å²) in [6.07, 6.45) is 1.43. The summed E-state index contributed by atoms with van der Waals surface area (Å²) in [4.78, 5) is 27.0. The van der Waals surface area contributed by atoms with Crippen molar-refractivity contribution in [2.75, 3.05) is 0 Å². The van der Waals surface area contributed by atoms with Crippen LogP contribution in [0.15, 0.2) is 47.1 Å². The zero-order valence-electron chi connectivity index (χ0n) is 11.9. The summed E-state index contributed by atoms with van der Waals surface area (Å²) in [6, 6.07) is 10.3. The van der Waals surface area contributed by atoms with Crippen LogP contribution in [0.4, 0.5) is 0 Å².